The lowest BCUT2D eigenvalue weighted by atomic mass is 9.76. The Bertz CT molecular complexity index is 167. The Morgan fingerprint density at radius 3 is 2.21 bits per heavy atom. The third-order valence-electron chi connectivity index (χ3n) is 3.89. The first-order valence-electron chi connectivity index (χ1n) is 6.05. The first-order valence-corrected chi connectivity index (χ1v) is 6.49. The van der Waals surface area contributed by atoms with Crippen LogP contribution in [-0.4, -0.2) is 5.38 Å². The van der Waals surface area contributed by atoms with Gasteiger partial charge in [-0.05, 0) is 49.9 Å². The van der Waals surface area contributed by atoms with Crippen molar-refractivity contribution >= 4 is 11.6 Å². The van der Waals surface area contributed by atoms with Crippen LogP contribution >= 0.6 is 11.6 Å². The maximum Gasteiger partial charge on any atom is 0.0336 e. The Hall–Kier alpha value is 0.290. The molecular weight excluding hydrogens is 192 g/mol. The molecule has 1 rings (SSSR count). The molecule has 0 amide bonds. The summed E-state index contributed by atoms with van der Waals surface area (Å²) in [5, 5.41) is 0.369. The fourth-order valence-electron chi connectivity index (χ4n) is 2.66. The molecule has 3 atom stereocenters. The van der Waals surface area contributed by atoms with Gasteiger partial charge in [-0.3, -0.25) is 0 Å². The standard InChI is InChI=1S/C13H25Cl/c1-10(14)11-6-5-7-12(9-8-11)13(2,3)4/h10-12H,5-9H2,1-4H3. The molecule has 0 saturated heterocycles. The van der Waals surface area contributed by atoms with Crippen molar-refractivity contribution < 1.29 is 0 Å². The molecule has 0 spiro atoms. The molecule has 3 unspecified atom stereocenters. The second-order valence-electron chi connectivity index (χ2n) is 6.01. The zero-order valence-electron chi connectivity index (χ0n) is 10.1. The molecule has 0 aliphatic heterocycles. The minimum Gasteiger partial charge on any atom is -0.123 e. The molecule has 0 bridgehead atoms. The van der Waals surface area contributed by atoms with Crippen molar-refractivity contribution in [3.63, 3.8) is 0 Å². The predicted octanol–water partition coefficient (Wildman–Crippen LogP) is 4.86. The SMILES string of the molecule is CC(Cl)C1CCCC(C(C)(C)C)CC1. The number of alkyl halides is 1. The van der Waals surface area contributed by atoms with Gasteiger partial charge >= 0.3 is 0 Å². The van der Waals surface area contributed by atoms with Crippen molar-refractivity contribution in [1.29, 1.82) is 0 Å². The van der Waals surface area contributed by atoms with Gasteiger partial charge in [0, 0.05) is 5.38 Å². The Labute approximate surface area is 94.4 Å². The molecule has 0 heterocycles. The summed E-state index contributed by atoms with van der Waals surface area (Å²) in [6.45, 7) is 9.29. The summed E-state index contributed by atoms with van der Waals surface area (Å²) in [5.74, 6) is 1.67. The van der Waals surface area contributed by atoms with E-state index in [0.717, 1.165) is 11.8 Å². The van der Waals surface area contributed by atoms with Crippen molar-refractivity contribution in [1.82, 2.24) is 0 Å². The number of hydrogen-bond acceptors (Lipinski definition) is 0. The van der Waals surface area contributed by atoms with Crippen LogP contribution in [0.5, 0.6) is 0 Å². The van der Waals surface area contributed by atoms with Gasteiger partial charge in [0.2, 0.25) is 0 Å². The van der Waals surface area contributed by atoms with Gasteiger partial charge in [0.15, 0.2) is 0 Å². The van der Waals surface area contributed by atoms with Crippen LogP contribution < -0.4 is 0 Å². The topological polar surface area (TPSA) is 0 Å². The van der Waals surface area contributed by atoms with Crippen molar-refractivity contribution in [2.45, 2.75) is 65.2 Å². The maximum absolute atomic E-state index is 6.19. The van der Waals surface area contributed by atoms with Gasteiger partial charge in [0.05, 0.1) is 0 Å². The van der Waals surface area contributed by atoms with E-state index in [-0.39, 0.29) is 0 Å². The minimum absolute atomic E-state index is 0.369. The summed E-state index contributed by atoms with van der Waals surface area (Å²) >= 11 is 6.19. The second kappa shape index (κ2) is 4.88. The molecule has 1 heteroatoms. The first kappa shape index (κ1) is 12.4. The maximum atomic E-state index is 6.19. The molecule has 1 aliphatic carbocycles. The third-order valence-corrected chi connectivity index (χ3v) is 4.24. The van der Waals surface area contributed by atoms with Crippen molar-refractivity contribution in [2.75, 3.05) is 0 Å². The molecular formula is C13H25Cl. The summed E-state index contributed by atoms with van der Waals surface area (Å²) in [5.41, 5.74) is 0.491. The van der Waals surface area contributed by atoms with Gasteiger partial charge in [0.25, 0.3) is 0 Å². The monoisotopic (exact) mass is 216 g/mol. The average molecular weight is 217 g/mol. The largest absolute Gasteiger partial charge is 0.123 e. The van der Waals surface area contributed by atoms with Gasteiger partial charge in [0.1, 0.15) is 0 Å². The van der Waals surface area contributed by atoms with E-state index in [9.17, 15) is 0 Å². The third kappa shape index (κ3) is 3.46. The van der Waals surface area contributed by atoms with Crippen molar-refractivity contribution in [3.8, 4) is 0 Å². The Morgan fingerprint density at radius 2 is 1.71 bits per heavy atom. The highest BCUT2D eigenvalue weighted by molar-refractivity contribution is 6.20. The first-order chi connectivity index (χ1) is 6.41. The van der Waals surface area contributed by atoms with Crippen molar-refractivity contribution in [2.24, 2.45) is 17.3 Å². The van der Waals surface area contributed by atoms with E-state index < -0.39 is 0 Å². The van der Waals surface area contributed by atoms with E-state index in [1.165, 1.54) is 32.1 Å². The summed E-state index contributed by atoms with van der Waals surface area (Å²) in [7, 11) is 0. The van der Waals surface area contributed by atoms with E-state index >= 15 is 0 Å². The number of rotatable bonds is 1. The molecule has 0 aromatic rings. The van der Waals surface area contributed by atoms with Crippen LogP contribution in [0.3, 0.4) is 0 Å². The van der Waals surface area contributed by atoms with E-state index in [2.05, 4.69) is 27.7 Å². The highest BCUT2D eigenvalue weighted by Gasteiger charge is 2.28. The van der Waals surface area contributed by atoms with E-state index in [4.69, 9.17) is 11.6 Å². The van der Waals surface area contributed by atoms with Crippen LogP contribution in [0.1, 0.15) is 59.8 Å². The Morgan fingerprint density at radius 1 is 1.07 bits per heavy atom. The molecule has 84 valence electrons. The lowest BCUT2D eigenvalue weighted by Gasteiger charge is -2.29. The van der Waals surface area contributed by atoms with Crippen LogP contribution in [0.15, 0.2) is 0 Å². The van der Waals surface area contributed by atoms with E-state index in [0.29, 0.717) is 10.8 Å². The van der Waals surface area contributed by atoms with Crippen LogP contribution in [0.4, 0.5) is 0 Å². The fourth-order valence-corrected chi connectivity index (χ4v) is 2.91. The molecule has 0 N–H and O–H groups in total. The molecule has 0 nitrogen and oxygen atoms in total. The van der Waals surface area contributed by atoms with Gasteiger partial charge in [-0.15, -0.1) is 11.6 Å². The highest BCUT2D eigenvalue weighted by Crippen LogP contribution is 2.39. The van der Waals surface area contributed by atoms with E-state index in [1.807, 2.05) is 0 Å². The number of hydrogen-bond donors (Lipinski definition) is 0. The summed E-state index contributed by atoms with van der Waals surface area (Å²) in [6, 6.07) is 0. The molecule has 0 radical (unpaired) electrons. The lowest BCUT2D eigenvalue weighted by Crippen LogP contribution is -2.20. The van der Waals surface area contributed by atoms with Crippen LogP contribution in [0.25, 0.3) is 0 Å². The molecule has 0 aromatic heterocycles. The van der Waals surface area contributed by atoms with Gasteiger partial charge in [-0.25, -0.2) is 0 Å². The average Bonchev–Trinajstić information content (AvgIpc) is 2.26. The number of halogens is 1. The minimum atomic E-state index is 0.369. The molecule has 1 fully saturated rings. The van der Waals surface area contributed by atoms with Gasteiger partial charge < -0.3 is 0 Å². The Balaban J connectivity index is 2.49. The summed E-state index contributed by atoms with van der Waals surface area (Å²) < 4.78 is 0. The summed E-state index contributed by atoms with van der Waals surface area (Å²) in [6.07, 6.45) is 6.85. The van der Waals surface area contributed by atoms with Crippen LogP contribution in [0.2, 0.25) is 0 Å². The zero-order valence-corrected chi connectivity index (χ0v) is 10.9. The van der Waals surface area contributed by atoms with Crippen LogP contribution in [-0.2, 0) is 0 Å². The van der Waals surface area contributed by atoms with Crippen LogP contribution in [0, 0.1) is 17.3 Å². The van der Waals surface area contributed by atoms with Gasteiger partial charge in [-0.1, -0.05) is 27.2 Å². The van der Waals surface area contributed by atoms with E-state index in [1.54, 1.807) is 0 Å². The lowest BCUT2D eigenvalue weighted by molar-refractivity contribution is 0.212. The predicted molar refractivity (Wildman–Crippen MR) is 64.8 cm³/mol. The molecule has 14 heavy (non-hydrogen) atoms. The Kier molecular flexibility index (Phi) is 4.30. The fraction of sp³-hybridized carbons (Fsp3) is 1.00. The molecule has 1 aliphatic rings. The highest BCUT2D eigenvalue weighted by atomic mass is 35.5. The van der Waals surface area contributed by atoms with Gasteiger partial charge in [-0.2, -0.15) is 0 Å². The quantitative estimate of drug-likeness (QED) is 0.434. The summed E-state index contributed by atoms with van der Waals surface area (Å²) in [4.78, 5) is 0. The smallest absolute Gasteiger partial charge is 0.0336 e. The molecule has 0 aromatic carbocycles. The normalized spacial score (nSPS) is 32.4. The van der Waals surface area contributed by atoms with Crippen molar-refractivity contribution in [3.05, 3.63) is 0 Å². The second-order valence-corrected chi connectivity index (χ2v) is 6.70. The zero-order chi connectivity index (χ0) is 10.8. The molecule has 1 saturated carbocycles.